The quantitative estimate of drug-likeness (QED) is 0.686. The zero-order valence-corrected chi connectivity index (χ0v) is 11.4. The fourth-order valence-electron chi connectivity index (χ4n) is 1.75. The van der Waals surface area contributed by atoms with Crippen molar-refractivity contribution in [2.75, 3.05) is 13.7 Å². The van der Waals surface area contributed by atoms with Crippen LogP contribution in [0.4, 0.5) is 10.5 Å². The Balaban J connectivity index is 2.12. The minimum absolute atomic E-state index is 0.331. The SMILES string of the molecule is CCOC(=O)NC=Nc1ccc2cc(OC)ccc2c1. The molecule has 0 aliphatic rings. The highest BCUT2D eigenvalue weighted by Gasteiger charge is 1.98. The van der Waals surface area contributed by atoms with Gasteiger partial charge in [-0.2, -0.15) is 0 Å². The van der Waals surface area contributed by atoms with Crippen molar-refractivity contribution in [3.63, 3.8) is 0 Å². The van der Waals surface area contributed by atoms with E-state index >= 15 is 0 Å². The van der Waals surface area contributed by atoms with Crippen LogP contribution in [0.2, 0.25) is 0 Å². The van der Waals surface area contributed by atoms with Crippen molar-refractivity contribution in [3.8, 4) is 5.75 Å². The first kappa shape index (κ1) is 13.9. The van der Waals surface area contributed by atoms with Gasteiger partial charge in [-0.3, -0.25) is 5.32 Å². The highest BCUT2D eigenvalue weighted by atomic mass is 16.5. The summed E-state index contributed by atoms with van der Waals surface area (Å²) in [6.07, 6.45) is 0.810. The van der Waals surface area contributed by atoms with Crippen molar-refractivity contribution in [1.29, 1.82) is 0 Å². The van der Waals surface area contributed by atoms with E-state index in [1.54, 1.807) is 14.0 Å². The van der Waals surface area contributed by atoms with E-state index in [2.05, 4.69) is 10.3 Å². The van der Waals surface area contributed by atoms with Gasteiger partial charge in [0.05, 0.1) is 25.7 Å². The van der Waals surface area contributed by atoms with Crippen molar-refractivity contribution in [2.24, 2.45) is 4.99 Å². The number of ether oxygens (including phenoxy) is 2. The Hall–Kier alpha value is -2.56. The summed E-state index contributed by atoms with van der Waals surface area (Å²) in [5, 5.41) is 4.55. The van der Waals surface area contributed by atoms with Gasteiger partial charge < -0.3 is 9.47 Å². The monoisotopic (exact) mass is 272 g/mol. The standard InChI is InChI=1S/C15H16N2O3/c1-3-20-15(18)17-10-16-13-6-4-12-9-14(19-2)7-5-11(12)8-13/h4-10H,3H2,1-2H3,(H,16,17,18). The maximum absolute atomic E-state index is 11.1. The summed E-state index contributed by atoms with van der Waals surface area (Å²) in [7, 11) is 1.64. The van der Waals surface area contributed by atoms with Crippen LogP contribution in [-0.2, 0) is 4.74 Å². The third-order valence-corrected chi connectivity index (χ3v) is 2.70. The molecule has 0 saturated carbocycles. The molecule has 0 aliphatic heterocycles. The maximum atomic E-state index is 11.1. The van der Waals surface area contributed by atoms with Gasteiger partial charge in [0.2, 0.25) is 0 Å². The molecule has 5 nitrogen and oxygen atoms in total. The molecule has 2 aromatic rings. The molecule has 0 bridgehead atoms. The molecule has 0 saturated heterocycles. The molecular weight excluding hydrogens is 256 g/mol. The lowest BCUT2D eigenvalue weighted by molar-refractivity contribution is 0.158. The van der Waals surface area contributed by atoms with Gasteiger partial charge in [-0.1, -0.05) is 12.1 Å². The Morgan fingerprint density at radius 3 is 2.75 bits per heavy atom. The van der Waals surface area contributed by atoms with Crippen LogP contribution in [0.3, 0.4) is 0 Å². The predicted molar refractivity (Wildman–Crippen MR) is 78.8 cm³/mol. The number of alkyl carbamates (subject to hydrolysis) is 1. The zero-order valence-electron chi connectivity index (χ0n) is 11.4. The molecule has 0 heterocycles. The third-order valence-electron chi connectivity index (χ3n) is 2.70. The number of nitrogens with one attached hydrogen (secondary N) is 1. The lowest BCUT2D eigenvalue weighted by Crippen LogP contribution is -2.22. The highest BCUT2D eigenvalue weighted by Crippen LogP contribution is 2.24. The normalized spacial score (nSPS) is 10.7. The number of methoxy groups -OCH3 is 1. The Morgan fingerprint density at radius 1 is 1.25 bits per heavy atom. The predicted octanol–water partition coefficient (Wildman–Crippen LogP) is 3.25. The number of hydrogen-bond acceptors (Lipinski definition) is 4. The van der Waals surface area contributed by atoms with Crippen molar-refractivity contribution >= 4 is 28.9 Å². The van der Waals surface area contributed by atoms with E-state index < -0.39 is 6.09 Å². The molecule has 1 N–H and O–H groups in total. The summed E-state index contributed by atoms with van der Waals surface area (Å²) in [5.74, 6) is 0.817. The molecule has 0 unspecified atom stereocenters. The van der Waals surface area contributed by atoms with E-state index in [0.29, 0.717) is 6.61 Å². The van der Waals surface area contributed by atoms with Crippen LogP contribution in [0.15, 0.2) is 41.4 Å². The molecular formula is C15H16N2O3. The summed E-state index contributed by atoms with van der Waals surface area (Å²) in [6, 6.07) is 11.6. The average molecular weight is 272 g/mol. The number of fused-ring (bicyclic) bond motifs is 1. The van der Waals surface area contributed by atoms with E-state index in [1.165, 1.54) is 6.34 Å². The van der Waals surface area contributed by atoms with Crippen LogP contribution >= 0.6 is 0 Å². The second-order valence-corrected chi connectivity index (χ2v) is 4.02. The summed E-state index contributed by atoms with van der Waals surface area (Å²) >= 11 is 0. The molecule has 2 aromatic carbocycles. The van der Waals surface area contributed by atoms with E-state index in [9.17, 15) is 4.79 Å². The number of benzene rings is 2. The van der Waals surface area contributed by atoms with Crippen molar-refractivity contribution in [3.05, 3.63) is 36.4 Å². The van der Waals surface area contributed by atoms with E-state index in [-0.39, 0.29) is 0 Å². The molecule has 0 fully saturated rings. The highest BCUT2D eigenvalue weighted by molar-refractivity contribution is 5.88. The molecule has 5 heteroatoms. The minimum atomic E-state index is -0.512. The van der Waals surface area contributed by atoms with Crippen LogP contribution < -0.4 is 10.1 Å². The smallest absolute Gasteiger partial charge is 0.412 e. The number of carbonyl (C=O) groups excluding carboxylic acids is 1. The molecule has 0 aliphatic carbocycles. The molecule has 0 spiro atoms. The number of aliphatic imine (C=N–C) groups is 1. The molecule has 2 rings (SSSR count). The van der Waals surface area contributed by atoms with Gasteiger partial charge in [0.15, 0.2) is 0 Å². The van der Waals surface area contributed by atoms with Gasteiger partial charge in [0.25, 0.3) is 0 Å². The van der Waals surface area contributed by atoms with Gasteiger partial charge in [-0.05, 0) is 42.0 Å². The van der Waals surface area contributed by atoms with Gasteiger partial charge >= 0.3 is 6.09 Å². The number of hydrogen-bond donors (Lipinski definition) is 1. The molecule has 20 heavy (non-hydrogen) atoms. The number of rotatable bonds is 4. The van der Waals surface area contributed by atoms with E-state index in [1.807, 2.05) is 36.4 Å². The Kier molecular flexibility index (Phi) is 4.55. The van der Waals surface area contributed by atoms with Crippen LogP contribution in [0.25, 0.3) is 10.8 Å². The number of nitrogens with zero attached hydrogens (tertiary/aromatic N) is 1. The average Bonchev–Trinajstić information content (AvgIpc) is 2.47. The van der Waals surface area contributed by atoms with E-state index in [0.717, 1.165) is 22.2 Å². The van der Waals surface area contributed by atoms with Crippen molar-refractivity contribution < 1.29 is 14.3 Å². The van der Waals surface area contributed by atoms with Gasteiger partial charge in [-0.25, -0.2) is 9.79 Å². The summed E-state index contributed by atoms with van der Waals surface area (Å²) in [5.41, 5.74) is 0.750. The summed E-state index contributed by atoms with van der Waals surface area (Å²) < 4.78 is 9.90. The van der Waals surface area contributed by atoms with Crippen molar-refractivity contribution in [2.45, 2.75) is 6.92 Å². The van der Waals surface area contributed by atoms with Gasteiger partial charge in [-0.15, -0.1) is 0 Å². The fraction of sp³-hybridized carbons (Fsp3) is 0.200. The first-order valence-corrected chi connectivity index (χ1v) is 6.26. The lowest BCUT2D eigenvalue weighted by atomic mass is 10.1. The Labute approximate surface area is 117 Å². The van der Waals surface area contributed by atoms with Crippen LogP contribution in [0.1, 0.15) is 6.92 Å². The first-order valence-electron chi connectivity index (χ1n) is 6.26. The van der Waals surface area contributed by atoms with Crippen molar-refractivity contribution in [1.82, 2.24) is 5.32 Å². The third kappa shape index (κ3) is 3.47. The van der Waals surface area contributed by atoms with Gasteiger partial charge in [0.1, 0.15) is 5.75 Å². The molecule has 104 valence electrons. The minimum Gasteiger partial charge on any atom is -0.497 e. The maximum Gasteiger partial charge on any atom is 0.412 e. The van der Waals surface area contributed by atoms with E-state index in [4.69, 9.17) is 9.47 Å². The second kappa shape index (κ2) is 6.56. The van der Waals surface area contributed by atoms with Crippen LogP contribution in [-0.4, -0.2) is 26.1 Å². The van der Waals surface area contributed by atoms with Crippen LogP contribution in [0, 0.1) is 0 Å². The second-order valence-electron chi connectivity index (χ2n) is 4.02. The summed E-state index contributed by atoms with van der Waals surface area (Å²) in [6.45, 7) is 2.08. The van der Waals surface area contributed by atoms with Gasteiger partial charge in [0, 0.05) is 0 Å². The topological polar surface area (TPSA) is 59.9 Å². The number of amides is 1. The lowest BCUT2D eigenvalue weighted by Gasteiger charge is -2.03. The van der Waals surface area contributed by atoms with Crippen LogP contribution in [0.5, 0.6) is 5.75 Å². The zero-order chi connectivity index (χ0) is 14.4. The molecule has 1 amide bonds. The largest absolute Gasteiger partial charge is 0.497 e. The first-order chi connectivity index (χ1) is 9.72. The molecule has 0 aromatic heterocycles. The molecule has 0 radical (unpaired) electrons. The number of carbonyl (C=O) groups is 1. The Bertz CT molecular complexity index is 638. The fourth-order valence-corrected chi connectivity index (χ4v) is 1.75. The molecule has 0 atom stereocenters. The Morgan fingerprint density at radius 2 is 2.00 bits per heavy atom. The summed E-state index contributed by atoms with van der Waals surface area (Å²) in [4.78, 5) is 15.2.